The number of carbonyl (C=O) groups is 3. The van der Waals surface area contributed by atoms with Crippen molar-refractivity contribution in [2.45, 2.75) is 18.0 Å². The number of methoxy groups -OCH3 is 3. The first-order chi connectivity index (χ1) is 20.9. The minimum Gasteiger partial charge on any atom is -0.497 e. The maximum atomic E-state index is 14.9. The Kier molecular flexibility index (Phi) is 6.16. The molecule has 8 nitrogen and oxygen atoms in total. The van der Waals surface area contributed by atoms with Crippen LogP contribution < -0.4 is 14.2 Å². The summed E-state index contributed by atoms with van der Waals surface area (Å²) in [6.45, 7) is 0. The summed E-state index contributed by atoms with van der Waals surface area (Å²) in [5, 5.41) is 6.47. The lowest BCUT2D eigenvalue weighted by atomic mass is 9.62. The third-order valence-corrected chi connectivity index (χ3v) is 8.99. The van der Waals surface area contributed by atoms with Gasteiger partial charge in [-0.25, -0.2) is 0 Å². The zero-order chi connectivity index (χ0) is 29.9. The fraction of sp³-hybridized carbons (Fsp3) is 0.200. The number of ketones is 3. The minimum atomic E-state index is -1.72. The highest BCUT2D eigenvalue weighted by Gasteiger charge is 2.73. The Bertz CT molecular complexity index is 1790. The highest BCUT2D eigenvalue weighted by Crippen LogP contribution is 2.65. The summed E-state index contributed by atoms with van der Waals surface area (Å²) in [4.78, 5) is 44.6. The number of benzene rings is 4. The van der Waals surface area contributed by atoms with Crippen LogP contribution in [-0.2, 0) is 0 Å². The van der Waals surface area contributed by atoms with Gasteiger partial charge in [0.25, 0.3) is 0 Å². The van der Waals surface area contributed by atoms with E-state index in [0.717, 1.165) is 11.1 Å². The molecule has 0 saturated carbocycles. The molecular weight excluding hydrogens is 544 g/mol. The van der Waals surface area contributed by atoms with Crippen molar-refractivity contribution < 1.29 is 28.6 Å². The van der Waals surface area contributed by atoms with Crippen LogP contribution in [0.2, 0.25) is 0 Å². The zero-order valence-corrected chi connectivity index (χ0v) is 23.8. The monoisotopic (exact) mass is 572 g/mol. The average Bonchev–Trinajstić information content (AvgIpc) is 3.50. The number of ether oxygens (including phenoxy) is 3. The smallest absolute Gasteiger partial charge is 0.187 e. The lowest BCUT2D eigenvalue weighted by Gasteiger charge is -2.36. The molecule has 2 aliphatic heterocycles. The van der Waals surface area contributed by atoms with E-state index in [-0.39, 0.29) is 17.3 Å². The second-order valence-electron chi connectivity index (χ2n) is 10.9. The van der Waals surface area contributed by atoms with Crippen molar-refractivity contribution in [3.05, 3.63) is 124 Å². The van der Waals surface area contributed by atoms with Gasteiger partial charge in [0.05, 0.1) is 33.6 Å². The maximum Gasteiger partial charge on any atom is 0.187 e. The predicted octanol–water partition coefficient (Wildman–Crippen LogP) is 5.52. The molecule has 0 amide bonds. The molecule has 214 valence electrons. The number of Topliss-reactive ketones (excluding diaryl/α,β-unsaturated/α-hetero) is 3. The summed E-state index contributed by atoms with van der Waals surface area (Å²) in [6, 6.07) is 24.6. The molecule has 0 N–H and O–H groups in total. The summed E-state index contributed by atoms with van der Waals surface area (Å²) in [5.74, 6) is -0.396. The van der Waals surface area contributed by atoms with Crippen LogP contribution in [0.3, 0.4) is 0 Å². The first-order valence-corrected chi connectivity index (χ1v) is 14.0. The lowest BCUT2D eigenvalue weighted by Crippen LogP contribution is -2.44. The van der Waals surface area contributed by atoms with Gasteiger partial charge in [-0.15, -0.1) is 0 Å². The second-order valence-corrected chi connectivity index (χ2v) is 10.9. The SMILES string of the molecule is COc1ccc(C(=O)[C@@H]2[C@@H](c3cc(OC)ccc3OC)C3(C(=O)c4ccccc4C3=O)[C@H]3c4ccccc4C=NN23)cc1. The summed E-state index contributed by atoms with van der Waals surface area (Å²) < 4.78 is 16.7. The average molecular weight is 573 g/mol. The van der Waals surface area contributed by atoms with Crippen LogP contribution in [0.5, 0.6) is 17.2 Å². The Labute approximate surface area is 248 Å². The van der Waals surface area contributed by atoms with Crippen LogP contribution in [0.15, 0.2) is 96.1 Å². The number of hydrogen-bond acceptors (Lipinski definition) is 8. The Morgan fingerprint density at radius 1 is 0.744 bits per heavy atom. The van der Waals surface area contributed by atoms with Crippen LogP contribution in [0.1, 0.15) is 59.7 Å². The molecule has 0 unspecified atom stereocenters. The van der Waals surface area contributed by atoms with Crippen molar-refractivity contribution in [3.8, 4) is 17.2 Å². The van der Waals surface area contributed by atoms with E-state index in [0.29, 0.717) is 39.5 Å². The number of rotatable bonds is 6. The normalized spacial score (nSPS) is 20.9. The molecule has 43 heavy (non-hydrogen) atoms. The van der Waals surface area contributed by atoms with Crippen molar-refractivity contribution in [2.24, 2.45) is 10.5 Å². The largest absolute Gasteiger partial charge is 0.497 e. The predicted molar refractivity (Wildman–Crippen MR) is 160 cm³/mol. The quantitative estimate of drug-likeness (QED) is 0.222. The van der Waals surface area contributed by atoms with E-state index in [1.54, 1.807) is 92.2 Å². The van der Waals surface area contributed by atoms with Gasteiger partial charge in [0.15, 0.2) is 17.3 Å². The lowest BCUT2D eigenvalue weighted by molar-refractivity contribution is 0.0585. The van der Waals surface area contributed by atoms with Crippen molar-refractivity contribution in [2.75, 3.05) is 21.3 Å². The first kappa shape index (κ1) is 26.6. The van der Waals surface area contributed by atoms with Crippen LogP contribution >= 0.6 is 0 Å². The number of fused-ring (bicyclic) bond motifs is 5. The van der Waals surface area contributed by atoms with Crippen molar-refractivity contribution in [3.63, 3.8) is 0 Å². The van der Waals surface area contributed by atoms with Gasteiger partial charge in [0.2, 0.25) is 0 Å². The van der Waals surface area contributed by atoms with E-state index in [2.05, 4.69) is 0 Å². The molecule has 2 heterocycles. The van der Waals surface area contributed by atoms with Crippen molar-refractivity contribution in [1.82, 2.24) is 5.01 Å². The molecule has 1 saturated heterocycles. The molecule has 4 aromatic rings. The third-order valence-electron chi connectivity index (χ3n) is 8.99. The molecule has 8 heteroatoms. The Hall–Kier alpha value is -5.24. The van der Waals surface area contributed by atoms with Crippen LogP contribution in [-0.4, -0.2) is 55.9 Å². The van der Waals surface area contributed by atoms with Gasteiger partial charge in [0, 0.05) is 28.2 Å². The van der Waals surface area contributed by atoms with Gasteiger partial charge in [0.1, 0.15) is 28.7 Å². The van der Waals surface area contributed by atoms with E-state index in [4.69, 9.17) is 19.3 Å². The first-order valence-electron chi connectivity index (χ1n) is 14.0. The van der Waals surface area contributed by atoms with Crippen molar-refractivity contribution in [1.29, 1.82) is 0 Å². The number of nitrogens with zero attached hydrogens (tertiary/aromatic N) is 2. The van der Waals surface area contributed by atoms with Gasteiger partial charge in [-0.1, -0.05) is 48.5 Å². The Morgan fingerprint density at radius 2 is 1.37 bits per heavy atom. The molecule has 1 aliphatic carbocycles. The summed E-state index contributed by atoms with van der Waals surface area (Å²) >= 11 is 0. The topological polar surface area (TPSA) is 94.5 Å². The number of hydrogen-bond donors (Lipinski definition) is 0. The van der Waals surface area contributed by atoms with Crippen LogP contribution in [0.4, 0.5) is 0 Å². The molecule has 0 radical (unpaired) electrons. The van der Waals surface area contributed by atoms with Gasteiger partial charge in [-0.2, -0.15) is 5.10 Å². The van der Waals surface area contributed by atoms with Gasteiger partial charge in [-0.3, -0.25) is 19.4 Å². The van der Waals surface area contributed by atoms with Gasteiger partial charge >= 0.3 is 0 Å². The summed E-state index contributed by atoms with van der Waals surface area (Å²) in [7, 11) is 4.63. The molecular formula is C35H28N2O6. The van der Waals surface area contributed by atoms with Crippen LogP contribution in [0, 0.1) is 5.41 Å². The third kappa shape index (κ3) is 3.62. The zero-order valence-electron chi connectivity index (χ0n) is 23.8. The molecule has 4 aromatic carbocycles. The molecule has 0 aromatic heterocycles. The molecule has 1 fully saturated rings. The summed E-state index contributed by atoms with van der Waals surface area (Å²) in [6.07, 6.45) is 1.69. The molecule has 0 bridgehead atoms. The number of carbonyl (C=O) groups excluding carboxylic acids is 3. The molecule has 7 rings (SSSR count). The van der Waals surface area contributed by atoms with Crippen molar-refractivity contribution >= 4 is 23.6 Å². The Morgan fingerprint density at radius 3 is 2.02 bits per heavy atom. The highest BCUT2D eigenvalue weighted by atomic mass is 16.5. The molecule has 3 atom stereocenters. The fourth-order valence-corrected chi connectivity index (χ4v) is 7.13. The minimum absolute atomic E-state index is 0.285. The van der Waals surface area contributed by atoms with E-state index in [9.17, 15) is 14.4 Å². The summed E-state index contributed by atoms with van der Waals surface area (Å²) in [5.41, 5.74) is 1.41. The highest BCUT2D eigenvalue weighted by molar-refractivity contribution is 6.31. The fourth-order valence-electron chi connectivity index (χ4n) is 7.13. The van der Waals surface area contributed by atoms with E-state index in [1.165, 1.54) is 7.11 Å². The van der Waals surface area contributed by atoms with E-state index in [1.807, 2.05) is 24.3 Å². The number of hydrazone groups is 1. The Balaban J connectivity index is 1.56. The van der Waals surface area contributed by atoms with Crippen LogP contribution in [0.25, 0.3) is 0 Å². The maximum absolute atomic E-state index is 14.9. The van der Waals surface area contributed by atoms with Gasteiger partial charge < -0.3 is 14.2 Å². The van der Waals surface area contributed by atoms with E-state index < -0.39 is 23.4 Å². The van der Waals surface area contributed by atoms with E-state index >= 15 is 0 Å². The second kappa shape index (κ2) is 9.94. The van der Waals surface area contributed by atoms with Gasteiger partial charge in [-0.05, 0) is 53.6 Å². The standard InChI is InChI=1S/C35H28N2O6/c1-41-22-14-12-20(13-15-22)31(38)30-29(27-18-23(42-2)16-17-28(27)43-3)35(33(39)25-10-6-7-11-26(25)34(35)40)32-24-9-5-4-8-21(24)19-36-37(30)32/h4-19,29-30,32H,1-3H3/t29-,30+,32-/m1/s1. The molecule has 1 spiro atoms. The molecule has 3 aliphatic rings.